The molecule has 0 aliphatic carbocycles. The number of allylic oxidation sites excluding steroid dienone is 1. The normalized spacial score (nSPS) is 12.3. The maximum atomic E-state index is 12.0. The number of carbonyl (C=O) groups is 9. The van der Waals surface area contributed by atoms with Gasteiger partial charge < -0.3 is 60.5 Å². The maximum Gasteiger partial charge on any atom is 0.252 e. The summed E-state index contributed by atoms with van der Waals surface area (Å²) in [5.74, 6) is -4.02. The molecule has 22 nitrogen and oxygen atoms in total. The lowest BCUT2D eigenvalue weighted by atomic mass is 10.3. The fourth-order valence-electron chi connectivity index (χ4n) is 4.11. The molecule has 1 aliphatic heterocycles. The van der Waals surface area contributed by atoms with Crippen molar-refractivity contribution in [3.05, 3.63) is 12.2 Å². The predicted octanol–water partition coefficient (Wildman–Crippen LogP) is -5.05. The molecule has 0 unspecified atom stereocenters. The number of carbonyl (C=O) groups excluding carboxylic acids is 9. The van der Waals surface area contributed by atoms with Gasteiger partial charge in [0.05, 0.1) is 98.8 Å². The van der Waals surface area contributed by atoms with Crippen molar-refractivity contribution < 1.29 is 66.8 Å². The van der Waals surface area contributed by atoms with Crippen LogP contribution in [0.4, 0.5) is 0 Å². The van der Waals surface area contributed by atoms with Gasteiger partial charge in [-0.15, -0.1) is 0 Å². The van der Waals surface area contributed by atoms with E-state index in [4.69, 9.17) is 23.7 Å². The smallest absolute Gasteiger partial charge is 0.252 e. The summed E-state index contributed by atoms with van der Waals surface area (Å²) in [6.07, 6.45) is 3.12. The van der Waals surface area contributed by atoms with E-state index >= 15 is 0 Å². The SMILES string of the molecule is C/C=C\C(=O)N(C=O)CCC(=O)NCCOCCOCCOCCOCCC(=O)NCC(=O)NCC(=O)NCC(=O)NCC(=O)NCC(=O)N1CCOCC1. The summed E-state index contributed by atoms with van der Waals surface area (Å²) in [5.41, 5.74) is 0. The minimum absolute atomic E-state index is 0.00544. The second kappa shape index (κ2) is 31.3. The van der Waals surface area contributed by atoms with Crippen molar-refractivity contribution in [2.75, 3.05) is 125 Å². The number of imide groups is 1. The van der Waals surface area contributed by atoms with E-state index in [1.54, 1.807) is 11.8 Å². The number of hydrogen-bond donors (Lipinski definition) is 6. The highest BCUT2D eigenvalue weighted by molar-refractivity contribution is 5.95. The summed E-state index contributed by atoms with van der Waals surface area (Å²) >= 11 is 0. The van der Waals surface area contributed by atoms with E-state index in [-0.39, 0.29) is 83.8 Å². The Morgan fingerprint density at radius 1 is 0.582 bits per heavy atom. The van der Waals surface area contributed by atoms with Crippen LogP contribution < -0.4 is 31.9 Å². The van der Waals surface area contributed by atoms with Crippen LogP contribution in [-0.2, 0) is 66.8 Å². The highest BCUT2D eigenvalue weighted by Gasteiger charge is 2.18. The Hall–Kier alpha value is -5.03. The number of morpholine rings is 1. The third kappa shape index (κ3) is 26.4. The largest absolute Gasteiger partial charge is 0.379 e. The van der Waals surface area contributed by atoms with Crippen LogP contribution in [0, 0.1) is 0 Å². The standard InChI is InChI=1S/C33H54N8O14/c1-2-3-32(49)41(25-42)7-4-26(43)34-6-11-52-15-17-55-19-18-54-16-14-51-10-5-27(44)35-20-28(45)36-21-29(46)37-22-30(47)38-23-31(48)39-24-33(50)40-8-12-53-13-9-40/h2-3,25H,4-24H2,1H3,(H,34,43)(H,35,44)(H,36,45)(H,37,46)(H,38,47)(H,39,48)/b3-2-. The van der Waals surface area contributed by atoms with Crippen molar-refractivity contribution in [2.24, 2.45) is 0 Å². The quantitative estimate of drug-likeness (QED) is 0.0226. The van der Waals surface area contributed by atoms with Gasteiger partial charge in [-0.25, -0.2) is 0 Å². The fourth-order valence-corrected chi connectivity index (χ4v) is 4.11. The van der Waals surface area contributed by atoms with Crippen LogP contribution in [0.2, 0.25) is 0 Å². The number of rotatable bonds is 30. The molecule has 22 heteroatoms. The van der Waals surface area contributed by atoms with Gasteiger partial charge in [-0.3, -0.25) is 48.1 Å². The molecule has 1 fully saturated rings. The first-order valence-corrected chi connectivity index (χ1v) is 17.7. The van der Waals surface area contributed by atoms with Gasteiger partial charge in [0.1, 0.15) is 0 Å². The highest BCUT2D eigenvalue weighted by atomic mass is 16.6. The lowest BCUT2D eigenvalue weighted by Crippen LogP contribution is -2.48. The lowest BCUT2D eigenvalue weighted by molar-refractivity contribution is -0.136. The van der Waals surface area contributed by atoms with E-state index in [9.17, 15) is 43.2 Å². The molecule has 0 aromatic heterocycles. The average Bonchev–Trinajstić information content (AvgIpc) is 3.18. The first-order chi connectivity index (χ1) is 26.5. The number of nitrogens with zero attached hydrogens (tertiary/aromatic N) is 2. The molecule has 0 radical (unpaired) electrons. The number of hydrogen-bond acceptors (Lipinski definition) is 14. The maximum absolute atomic E-state index is 12.0. The lowest BCUT2D eigenvalue weighted by Gasteiger charge is -2.26. The van der Waals surface area contributed by atoms with Crippen LogP contribution in [0.15, 0.2) is 12.2 Å². The van der Waals surface area contributed by atoms with Crippen LogP contribution in [-0.4, -0.2) is 188 Å². The molecular weight excluding hydrogens is 732 g/mol. The molecular formula is C33H54N8O14. The summed E-state index contributed by atoms with van der Waals surface area (Å²) < 4.78 is 26.6. The molecule has 0 atom stereocenters. The predicted molar refractivity (Wildman–Crippen MR) is 191 cm³/mol. The van der Waals surface area contributed by atoms with Crippen LogP contribution in [0.5, 0.6) is 0 Å². The zero-order valence-corrected chi connectivity index (χ0v) is 31.2. The Kier molecular flexibility index (Phi) is 27.3. The minimum Gasteiger partial charge on any atom is -0.379 e. The monoisotopic (exact) mass is 786 g/mol. The van der Waals surface area contributed by atoms with Gasteiger partial charge >= 0.3 is 0 Å². The van der Waals surface area contributed by atoms with Gasteiger partial charge in [0.25, 0.3) is 5.91 Å². The van der Waals surface area contributed by atoms with E-state index in [1.165, 1.54) is 12.2 Å². The summed E-state index contributed by atoms with van der Waals surface area (Å²) in [6.45, 7) is 3.93. The average molecular weight is 787 g/mol. The summed E-state index contributed by atoms with van der Waals surface area (Å²) in [7, 11) is 0. The minimum atomic E-state index is -0.666. The summed E-state index contributed by atoms with van der Waals surface area (Å²) in [5, 5.41) is 14.3. The molecule has 1 rings (SSSR count). The summed E-state index contributed by atoms with van der Waals surface area (Å²) in [6, 6.07) is 0. The molecule has 1 saturated heterocycles. The third-order valence-corrected chi connectivity index (χ3v) is 7.04. The second-order valence-corrected chi connectivity index (χ2v) is 11.3. The molecule has 0 bridgehead atoms. The van der Waals surface area contributed by atoms with E-state index in [0.717, 1.165) is 4.90 Å². The van der Waals surface area contributed by atoms with E-state index in [1.807, 2.05) is 0 Å². The molecule has 1 aliphatic rings. The van der Waals surface area contributed by atoms with Crippen molar-refractivity contribution >= 4 is 53.7 Å². The zero-order valence-electron chi connectivity index (χ0n) is 31.2. The van der Waals surface area contributed by atoms with Crippen LogP contribution in [0.25, 0.3) is 0 Å². The van der Waals surface area contributed by atoms with Crippen molar-refractivity contribution in [2.45, 2.75) is 19.8 Å². The zero-order chi connectivity index (χ0) is 40.5. The number of amides is 9. The Morgan fingerprint density at radius 2 is 1.02 bits per heavy atom. The number of ether oxygens (including phenoxy) is 5. The van der Waals surface area contributed by atoms with Gasteiger partial charge in [-0.05, 0) is 13.0 Å². The van der Waals surface area contributed by atoms with Crippen molar-refractivity contribution in [1.29, 1.82) is 0 Å². The first kappa shape index (κ1) is 48.0. The van der Waals surface area contributed by atoms with Crippen molar-refractivity contribution in [1.82, 2.24) is 41.7 Å². The molecule has 0 spiro atoms. The molecule has 1 heterocycles. The van der Waals surface area contributed by atoms with Crippen molar-refractivity contribution in [3.8, 4) is 0 Å². The molecule has 9 amide bonds. The first-order valence-electron chi connectivity index (χ1n) is 17.7. The topological polar surface area (TPSA) is 278 Å². The molecule has 0 aromatic carbocycles. The fraction of sp³-hybridized carbons (Fsp3) is 0.667. The van der Waals surface area contributed by atoms with Crippen molar-refractivity contribution in [3.63, 3.8) is 0 Å². The van der Waals surface area contributed by atoms with Crippen LogP contribution >= 0.6 is 0 Å². The molecule has 0 saturated carbocycles. The second-order valence-electron chi connectivity index (χ2n) is 11.3. The van der Waals surface area contributed by atoms with Gasteiger partial charge in [-0.1, -0.05) is 6.08 Å². The Bertz CT molecular complexity index is 1260. The summed E-state index contributed by atoms with van der Waals surface area (Å²) in [4.78, 5) is 108. The third-order valence-electron chi connectivity index (χ3n) is 7.04. The van der Waals surface area contributed by atoms with Gasteiger partial charge in [-0.2, -0.15) is 0 Å². The van der Waals surface area contributed by atoms with E-state index < -0.39 is 48.5 Å². The van der Waals surface area contributed by atoms with Gasteiger partial charge in [0, 0.05) is 39.0 Å². The van der Waals surface area contributed by atoms with Crippen LogP contribution in [0.1, 0.15) is 19.8 Å². The Morgan fingerprint density at radius 3 is 1.51 bits per heavy atom. The Balaban J connectivity index is 1.90. The highest BCUT2D eigenvalue weighted by Crippen LogP contribution is 1.96. The molecule has 55 heavy (non-hydrogen) atoms. The Labute approximate surface area is 319 Å². The molecule has 310 valence electrons. The van der Waals surface area contributed by atoms with Crippen LogP contribution in [0.3, 0.4) is 0 Å². The number of nitrogens with one attached hydrogen (secondary N) is 6. The molecule has 0 aromatic rings. The van der Waals surface area contributed by atoms with E-state index in [0.29, 0.717) is 59.1 Å². The van der Waals surface area contributed by atoms with Gasteiger partial charge in [0.2, 0.25) is 47.8 Å². The molecule has 6 N–H and O–H groups in total. The van der Waals surface area contributed by atoms with Gasteiger partial charge in [0.15, 0.2) is 0 Å². The van der Waals surface area contributed by atoms with E-state index in [2.05, 4.69) is 31.9 Å².